The van der Waals surface area contributed by atoms with E-state index in [9.17, 15) is 5.11 Å². The van der Waals surface area contributed by atoms with E-state index in [-0.39, 0.29) is 6.61 Å². The summed E-state index contributed by atoms with van der Waals surface area (Å²) in [6, 6.07) is 0.869. The van der Waals surface area contributed by atoms with Gasteiger partial charge in [-0.1, -0.05) is 0 Å². The Bertz CT molecular complexity index is 312. The van der Waals surface area contributed by atoms with Crippen molar-refractivity contribution in [1.82, 2.24) is 15.2 Å². The minimum atomic E-state index is 0.211. The van der Waals surface area contributed by atoms with Crippen molar-refractivity contribution >= 4 is 11.3 Å². The molecule has 2 rings (SSSR count). The number of thiazole rings is 1. The van der Waals surface area contributed by atoms with Crippen LogP contribution in [0.5, 0.6) is 0 Å². The molecule has 0 spiro atoms. The van der Waals surface area contributed by atoms with Gasteiger partial charge in [-0.2, -0.15) is 0 Å². The first-order valence-corrected chi connectivity index (χ1v) is 7.17. The van der Waals surface area contributed by atoms with Crippen LogP contribution in [0.1, 0.15) is 30.8 Å². The number of hydrogen-bond acceptors (Lipinski definition) is 5. The molecule has 2 heterocycles. The molecule has 2 N–H and O–H groups in total. The highest BCUT2D eigenvalue weighted by Crippen LogP contribution is 2.22. The third kappa shape index (κ3) is 3.48. The molecule has 0 amide bonds. The SMILES string of the molecule is CC(c1nccs1)N(CCO)CC1CCCN1. The van der Waals surface area contributed by atoms with Gasteiger partial charge in [0.25, 0.3) is 0 Å². The number of aliphatic hydroxyl groups is 1. The normalized spacial score (nSPS) is 22.2. The number of rotatable bonds is 6. The van der Waals surface area contributed by atoms with Crippen LogP contribution in [0.25, 0.3) is 0 Å². The molecular weight excluding hydrogens is 234 g/mol. The summed E-state index contributed by atoms with van der Waals surface area (Å²) in [5.74, 6) is 0. The Morgan fingerprint density at radius 2 is 2.59 bits per heavy atom. The quantitative estimate of drug-likeness (QED) is 0.803. The van der Waals surface area contributed by atoms with Crippen LogP contribution < -0.4 is 5.32 Å². The first kappa shape index (κ1) is 13.0. The molecule has 4 nitrogen and oxygen atoms in total. The van der Waals surface area contributed by atoms with E-state index in [0.717, 1.165) is 24.6 Å². The van der Waals surface area contributed by atoms with Crippen LogP contribution in [0.2, 0.25) is 0 Å². The summed E-state index contributed by atoms with van der Waals surface area (Å²) in [5, 5.41) is 15.8. The largest absolute Gasteiger partial charge is 0.395 e. The minimum absolute atomic E-state index is 0.211. The molecule has 2 unspecified atom stereocenters. The van der Waals surface area contributed by atoms with Crippen molar-refractivity contribution in [3.8, 4) is 0 Å². The van der Waals surface area contributed by atoms with Gasteiger partial charge < -0.3 is 10.4 Å². The van der Waals surface area contributed by atoms with E-state index in [1.807, 2.05) is 11.6 Å². The highest BCUT2D eigenvalue weighted by atomic mass is 32.1. The summed E-state index contributed by atoms with van der Waals surface area (Å²) >= 11 is 1.69. The fourth-order valence-corrected chi connectivity index (χ4v) is 3.09. The topological polar surface area (TPSA) is 48.4 Å². The van der Waals surface area contributed by atoms with Crippen molar-refractivity contribution < 1.29 is 5.11 Å². The van der Waals surface area contributed by atoms with Gasteiger partial charge in [0.2, 0.25) is 0 Å². The second-order valence-electron chi connectivity index (χ2n) is 4.56. The zero-order valence-electron chi connectivity index (χ0n) is 10.3. The van der Waals surface area contributed by atoms with Gasteiger partial charge in [-0.25, -0.2) is 4.98 Å². The maximum Gasteiger partial charge on any atom is 0.109 e. The fourth-order valence-electron chi connectivity index (χ4n) is 2.36. The van der Waals surface area contributed by atoms with Crippen molar-refractivity contribution in [1.29, 1.82) is 0 Å². The molecule has 2 atom stereocenters. The van der Waals surface area contributed by atoms with Crippen molar-refractivity contribution in [3.05, 3.63) is 16.6 Å². The van der Waals surface area contributed by atoms with Crippen LogP contribution in [0, 0.1) is 0 Å². The average Bonchev–Trinajstić information content (AvgIpc) is 3.00. The molecule has 1 aliphatic heterocycles. The predicted molar refractivity (Wildman–Crippen MR) is 70.2 cm³/mol. The Morgan fingerprint density at radius 3 is 3.18 bits per heavy atom. The van der Waals surface area contributed by atoms with Crippen molar-refractivity contribution in [2.24, 2.45) is 0 Å². The number of nitrogens with one attached hydrogen (secondary N) is 1. The summed E-state index contributed by atoms with van der Waals surface area (Å²) in [6.45, 7) is 5.23. The second-order valence-corrected chi connectivity index (χ2v) is 5.48. The maximum atomic E-state index is 9.18. The first-order valence-electron chi connectivity index (χ1n) is 6.29. The van der Waals surface area contributed by atoms with Gasteiger partial charge in [-0.3, -0.25) is 4.90 Å². The van der Waals surface area contributed by atoms with Gasteiger partial charge >= 0.3 is 0 Å². The first-order chi connectivity index (χ1) is 8.31. The van der Waals surface area contributed by atoms with Crippen molar-refractivity contribution in [2.45, 2.75) is 31.8 Å². The Labute approximate surface area is 107 Å². The number of aromatic nitrogens is 1. The van der Waals surface area contributed by atoms with Crippen LogP contribution >= 0.6 is 11.3 Å². The van der Waals surface area contributed by atoms with E-state index in [1.165, 1.54) is 12.8 Å². The lowest BCUT2D eigenvalue weighted by molar-refractivity contribution is 0.147. The van der Waals surface area contributed by atoms with Gasteiger partial charge in [-0.05, 0) is 26.3 Å². The molecule has 96 valence electrons. The van der Waals surface area contributed by atoms with Gasteiger partial charge in [0, 0.05) is 30.7 Å². The molecule has 1 fully saturated rings. The Hall–Kier alpha value is -0.490. The summed E-state index contributed by atoms with van der Waals surface area (Å²) in [5.41, 5.74) is 0. The predicted octanol–water partition coefficient (Wildman–Crippen LogP) is 1.25. The molecule has 1 aromatic heterocycles. The minimum Gasteiger partial charge on any atom is -0.395 e. The van der Waals surface area contributed by atoms with Crippen LogP contribution in [-0.4, -0.2) is 47.3 Å². The van der Waals surface area contributed by atoms with E-state index >= 15 is 0 Å². The van der Waals surface area contributed by atoms with E-state index < -0.39 is 0 Å². The van der Waals surface area contributed by atoms with Crippen molar-refractivity contribution in [3.63, 3.8) is 0 Å². The average molecular weight is 255 g/mol. The van der Waals surface area contributed by atoms with E-state index in [4.69, 9.17) is 0 Å². The molecule has 0 aliphatic carbocycles. The molecule has 5 heteroatoms. The zero-order valence-corrected chi connectivity index (χ0v) is 11.1. The smallest absolute Gasteiger partial charge is 0.109 e. The number of aliphatic hydroxyl groups excluding tert-OH is 1. The van der Waals surface area contributed by atoms with Gasteiger partial charge in [0.1, 0.15) is 5.01 Å². The monoisotopic (exact) mass is 255 g/mol. The summed E-state index contributed by atoms with van der Waals surface area (Å²) in [6.07, 6.45) is 4.36. The second kappa shape index (κ2) is 6.44. The highest BCUT2D eigenvalue weighted by molar-refractivity contribution is 7.09. The summed E-state index contributed by atoms with van der Waals surface area (Å²) in [4.78, 5) is 6.69. The number of hydrogen-bond donors (Lipinski definition) is 2. The van der Waals surface area contributed by atoms with Gasteiger partial charge in [0.05, 0.1) is 12.6 Å². The third-order valence-electron chi connectivity index (χ3n) is 3.36. The van der Waals surface area contributed by atoms with Crippen LogP contribution in [0.15, 0.2) is 11.6 Å². The molecule has 0 radical (unpaired) electrons. The van der Waals surface area contributed by atoms with Gasteiger partial charge in [0.15, 0.2) is 0 Å². The molecule has 0 aromatic carbocycles. The Morgan fingerprint density at radius 1 is 1.71 bits per heavy atom. The molecule has 1 aromatic rings. The maximum absolute atomic E-state index is 9.18. The van der Waals surface area contributed by atoms with E-state index in [2.05, 4.69) is 22.1 Å². The third-order valence-corrected chi connectivity index (χ3v) is 4.31. The molecule has 0 saturated carbocycles. The van der Waals surface area contributed by atoms with Crippen LogP contribution in [0.3, 0.4) is 0 Å². The molecule has 1 saturated heterocycles. The lowest BCUT2D eigenvalue weighted by Crippen LogP contribution is -2.40. The van der Waals surface area contributed by atoms with Gasteiger partial charge in [-0.15, -0.1) is 11.3 Å². The molecule has 17 heavy (non-hydrogen) atoms. The van der Waals surface area contributed by atoms with Crippen LogP contribution in [-0.2, 0) is 0 Å². The Balaban J connectivity index is 1.95. The van der Waals surface area contributed by atoms with E-state index in [0.29, 0.717) is 12.1 Å². The highest BCUT2D eigenvalue weighted by Gasteiger charge is 2.23. The van der Waals surface area contributed by atoms with Crippen molar-refractivity contribution in [2.75, 3.05) is 26.2 Å². The lowest BCUT2D eigenvalue weighted by Gasteiger charge is -2.29. The fraction of sp³-hybridized carbons (Fsp3) is 0.750. The van der Waals surface area contributed by atoms with E-state index in [1.54, 1.807) is 11.3 Å². The molecule has 1 aliphatic rings. The summed E-state index contributed by atoms with van der Waals surface area (Å²) < 4.78 is 0. The summed E-state index contributed by atoms with van der Waals surface area (Å²) in [7, 11) is 0. The standard InChI is InChI=1S/C12H21N3OS/c1-10(12-14-5-8-17-12)15(6-7-16)9-11-3-2-4-13-11/h5,8,10-11,13,16H,2-4,6-7,9H2,1H3. The Kier molecular flexibility index (Phi) is 4.91. The van der Waals surface area contributed by atoms with Crippen LogP contribution in [0.4, 0.5) is 0 Å². The molecule has 0 bridgehead atoms. The molecular formula is C12H21N3OS. The zero-order chi connectivity index (χ0) is 12.1. The number of nitrogens with zero attached hydrogens (tertiary/aromatic N) is 2. The lowest BCUT2D eigenvalue weighted by atomic mass is 10.2.